The van der Waals surface area contributed by atoms with Crippen LogP contribution in [0, 0.1) is 0 Å². The van der Waals surface area contributed by atoms with Gasteiger partial charge in [0.25, 0.3) is 0 Å². The highest BCUT2D eigenvalue weighted by Crippen LogP contribution is 2.46. The van der Waals surface area contributed by atoms with Crippen molar-refractivity contribution in [3.05, 3.63) is 65.8 Å². The van der Waals surface area contributed by atoms with Gasteiger partial charge in [0.15, 0.2) is 0 Å². The molecule has 0 atom stereocenters. The van der Waals surface area contributed by atoms with Crippen LogP contribution in [0.2, 0.25) is 0 Å². The third kappa shape index (κ3) is 2.44. The second kappa shape index (κ2) is 5.61. The maximum absolute atomic E-state index is 11.5. The molecule has 0 aliphatic carbocycles. The molecule has 0 bridgehead atoms. The van der Waals surface area contributed by atoms with Gasteiger partial charge < -0.3 is 5.73 Å². The van der Waals surface area contributed by atoms with E-state index >= 15 is 0 Å². The Labute approximate surface area is 141 Å². The summed E-state index contributed by atoms with van der Waals surface area (Å²) in [6.07, 6.45) is 3.60. The van der Waals surface area contributed by atoms with Gasteiger partial charge in [-0.1, -0.05) is 6.07 Å². The molecule has 4 rings (SSSR count). The van der Waals surface area contributed by atoms with Crippen molar-refractivity contribution in [3.8, 4) is 20.9 Å². The maximum Gasteiger partial charge on any atom is 0.248 e. The lowest BCUT2D eigenvalue weighted by molar-refractivity contribution is 0.100. The summed E-state index contributed by atoms with van der Waals surface area (Å²) in [6, 6.07) is 13.8. The first-order valence-corrected chi connectivity index (χ1v) is 8.74. The predicted octanol–water partition coefficient (Wildman–Crippen LogP) is 4.79. The van der Waals surface area contributed by atoms with E-state index in [2.05, 4.69) is 16.4 Å². The summed E-state index contributed by atoms with van der Waals surface area (Å²) in [6.45, 7) is 0. The van der Waals surface area contributed by atoms with E-state index in [0.29, 0.717) is 5.56 Å². The number of fused-ring (bicyclic) bond motifs is 1. The van der Waals surface area contributed by atoms with E-state index in [-0.39, 0.29) is 0 Å². The smallest absolute Gasteiger partial charge is 0.248 e. The van der Waals surface area contributed by atoms with E-state index in [9.17, 15) is 4.79 Å². The number of thiophene rings is 2. The zero-order chi connectivity index (χ0) is 15.8. The van der Waals surface area contributed by atoms with Gasteiger partial charge in [0.1, 0.15) is 0 Å². The van der Waals surface area contributed by atoms with Crippen LogP contribution in [0.1, 0.15) is 10.4 Å². The number of nitrogens with two attached hydrogens (primary N) is 1. The number of carbonyl (C=O) groups excluding carboxylic acids is 1. The van der Waals surface area contributed by atoms with Crippen LogP contribution in [-0.2, 0) is 0 Å². The van der Waals surface area contributed by atoms with E-state index in [1.54, 1.807) is 41.1 Å². The molecule has 0 radical (unpaired) electrons. The number of aromatic nitrogens is 1. The first kappa shape index (κ1) is 14.1. The minimum absolute atomic E-state index is 0.402. The largest absolute Gasteiger partial charge is 0.366 e. The molecule has 3 heterocycles. The molecule has 0 unspecified atom stereocenters. The van der Waals surface area contributed by atoms with E-state index < -0.39 is 5.91 Å². The summed E-state index contributed by atoms with van der Waals surface area (Å²) in [5, 5.41) is 3.13. The van der Waals surface area contributed by atoms with Crippen molar-refractivity contribution in [2.24, 2.45) is 5.73 Å². The zero-order valence-electron chi connectivity index (χ0n) is 12.0. The highest BCUT2D eigenvalue weighted by atomic mass is 32.1. The summed E-state index contributed by atoms with van der Waals surface area (Å²) in [7, 11) is 0. The SMILES string of the molecule is NC(=O)c1ccc2sc(-c3ccncc3)c(-c3cccs3)c2c1. The molecule has 0 spiro atoms. The Morgan fingerprint density at radius 3 is 2.61 bits per heavy atom. The minimum Gasteiger partial charge on any atom is -0.366 e. The summed E-state index contributed by atoms with van der Waals surface area (Å²) < 4.78 is 1.14. The lowest BCUT2D eigenvalue weighted by atomic mass is 10.0. The average molecular weight is 336 g/mol. The molecule has 3 nitrogen and oxygen atoms in total. The number of hydrogen-bond acceptors (Lipinski definition) is 4. The van der Waals surface area contributed by atoms with Crippen LogP contribution in [0.5, 0.6) is 0 Å². The molecule has 0 aliphatic heterocycles. The molecule has 0 fully saturated rings. The predicted molar refractivity (Wildman–Crippen MR) is 96.9 cm³/mol. The standard InChI is InChI=1S/C18H12N2OS2/c19-18(21)12-3-4-14-13(10-12)16(15-2-1-9-22-15)17(23-14)11-5-7-20-8-6-11/h1-10H,(H2,19,21). The van der Waals surface area contributed by atoms with Crippen LogP contribution >= 0.6 is 22.7 Å². The van der Waals surface area contributed by atoms with Gasteiger partial charge in [-0.05, 0) is 47.3 Å². The Kier molecular flexibility index (Phi) is 3.44. The molecular weight excluding hydrogens is 324 g/mol. The van der Waals surface area contributed by atoms with Gasteiger partial charge in [-0.25, -0.2) is 0 Å². The average Bonchev–Trinajstić information content (AvgIpc) is 3.21. The molecule has 1 amide bonds. The molecular formula is C18H12N2OS2. The fourth-order valence-electron chi connectivity index (χ4n) is 2.62. The fourth-order valence-corrected chi connectivity index (χ4v) is 4.68. The van der Waals surface area contributed by atoms with Crippen molar-refractivity contribution in [2.75, 3.05) is 0 Å². The number of pyridine rings is 1. The van der Waals surface area contributed by atoms with E-state index in [1.807, 2.05) is 30.3 Å². The minimum atomic E-state index is -0.402. The Hall–Kier alpha value is -2.50. The summed E-state index contributed by atoms with van der Waals surface area (Å²) in [5.41, 5.74) is 8.28. The topological polar surface area (TPSA) is 56.0 Å². The zero-order valence-corrected chi connectivity index (χ0v) is 13.7. The molecule has 2 N–H and O–H groups in total. The van der Waals surface area contributed by atoms with Crippen molar-refractivity contribution >= 4 is 38.7 Å². The number of benzene rings is 1. The first-order valence-electron chi connectivity index (χ1n) is 7.04. The van der Waals surface area contributed by atoms with Crippen LogP contribution in [0.15, 0.2) is 60.2 Å². The van der Waals surface area contributed by atoms with Gasteiger partial charge in [-0.3, -0.25) is 9.78 Å². The van der Waals surface area contributed by atoms with Gasteiger partial charge in [-0.2, -0.15) is 0 Å². The molecule has 0 saturated heterocycles. The molecule has 112 valence electrons. The van der Waals surface area contributed by atoms with Crippen molar-refractivity contribution in [3.63, 3.8) is 0 Å². The van der Waals surface area contributed by atoms with Gasteiger partial charge in [-0.15, -0.1) is 22.7 Å². The van der Waals surface area contributed by atoms with Crippen LogP contribution in [0.3, 0.4) is 0 Å². The summed E-state index contributed by atoms with van der Waals surface area (Å²) in [5.74, 6) is -0.402. The van der Waals surface area contributed by atoms with Gasteiger partial charge in [0.05, 0.1) is 0 Å². The lowest BCUT2D eigenvalue weighted by Crippen LogP contribution is -2.10. The van der Waals surface area contributed by atoms with Gasteiger partial charge in [0, 0.05) is 43.4 Å². The molecule has 0 saturated carbocycles. The molecule has 3 aromatic heterocycles. The summed E-state index contributed by atoms with van der Waals surface area (Å²) in [4.78, 5) is 18.0. The number of hydrogen-bond donors (Lipinski definition) is 1. The summed E-state index contributed by atoms with van der Waals surface area (Å²) >= 11 is 3.42. The highest BCUT2D eigenvalue weighted by Gasteiger charge is 2.17. The fraction of sp³-hybridized carbons (Fsp3) is 0. The van der Waals surface area contributed by atoms with Gasteiger partial charge in [0.2, 0.25) is 5.91 Å². The Morgan fingerprint density at radius 2 is 1.91 bits per heavy atom. The van der Waals surface area contributed by atoms with Crippen molar-refractivity contribution in [1.29, 1.82) is 0 Å². The third-order valence-electron chi connectivity index (χ3n) is 3.68. The normalized spacial score (nSPS) is 11.0. The third-order valence-corrected chi connectivity index (χ3v) is 5.79. The molecule has 23 heavy (non-hydrogen) atoms. The second-order valence-corrected chi connectivity index (χ2v) is 7.09. The highest BCUT2D eigenvalue weighted by molar-refractivity contribution is 7.23. The number of nitrogens with zero attached hydrogens (tertiary/aromatic N) is 1. The maximum atomic E-state index is 11.5. The Bertz CT molecular complexity index is 989. The monoisotopic (exact) mass is 336 g/mol. The second-order valence-electron chi connectivity index (χ2n) is 5.09. The Balaban J connectivity index is 2.06. The number of rotatable bonds is 3. The van der Waals surface area contributed by atoms with Crippen LogP contribution in [0.25, 0.3) is 31.0 Å². The molecule has 1 aromatic carbocycles. The lowest BCUT2D eigenvalue weighted by Gasteiger charge is -2.03. The van der Waals surface area contributed by atoms with Crippen molar-refractivity contribution in [1.82, 2.24) is 4.98 Å². The van der Waals surface area contributed by atoms with Crippen LogP contribution < -0.4 is 5.73 Å². The van der Waals surface area contributed by atoms with E-state index in [0.717, 1.165) is 21.2 Å². The van der Waals surface area contributed by atoms with Gasteiger partial charge >= 0.3 is 0 Å². The molecule has 4 aromatic rings. The number of primary amides is 1. The quantitative estimate of drug-likeness (QED) is 0.585. The van der Waals surface area contributed by atoms with E-state index in [4.69, 9.17) is 5.73 Å². The molecule has 5 heteroatoms. The molecule has 0 aliphatic rings. The number of amides is 1. The first-order chi connectivity index (χ1) is 11.2. The van der Waals surface area contributed by atoms with Crippen LogP contribution in [0.4, 0.5) is 0 Å². The van der Waals surface area contributed by atoms with E-state index in [1.165, 1.54) is 9.75 Å². The van der Waals surface area contributed by atoms with Crippen LogP contribution in [-0.4, -0.2) is 10.9 Å². The number of carbonyl (C=O) groups is 1. The Morgan fingerprint density at radius 1 is 1.09 bits per heavy atom. The van der Waals surface area contributed by atoms with Crippen molar-refractivity contribution < 1.29 is 4.79 Å². The van der Waals surface area contributed by atoms with Crippen molar-refractivity contribution in [2.45, 2.75) is 0 Å².